The molecule has 0 unspecified atom stereocenters. The zero-order valence-corrected chi connectivity index (χ0v) is 12.7. The molecular formula is C14H15F2N3O2S. The molecule has 3 rings (SSSR count). The van der Waals surface area contributed by atoms with Gasteiger partial charge >= 0.3 is 0 Å². The fourth-order valence-corrected chi connectivity index (χ4v) is 4.11. The molecule has 0 radical (unpaired) electrons. The first-order valence-corrected chi connectivity index (χ1v) is 8.28. The summed E-state index contributed by atoms with van der Waals surface area (Å²) in [4.78, 5) is 7.10. The monoisotopic (exact) mass is 327 g/mol. The van der Waals surface area contributed by atoms with Gasteiger partial charge in [0.2, 0.25) is 10.0 Å². The number of rotatable bonds is 3. The maximum absolute atomic E-state index is 13.3. The Morgan fingerprint density at radius 1 is 1.32 bits per heavy atom. The first-order chi connectivity index (χ1) is 10.4. The molecule has 2 heterocycles. The number of halogens is 2. The molecule has 1 N–H and O–H groups in total. The van der Waals surface area contributed by atoms with E-state index in [4.69, 9.17) is 0 Å². The predicted molar refractivity (Wildman–Crippen MR) is 75.8 cm³/mol. The SMILES string of the molecule is Cc1cnc([C@@H]2CCN(S(=O)(=O)c3ccc(F)c(F)c3)C2)[nH]1. The lowest BCUT2D eigenvalue weighted by Crippen LogP contribution is -2.29. The maximum Gasteiger partial charge on any atom is 0.243 e. The minimum Gasteiger partial charge on any atom is -0.346 e. The number of hydrogen-bond donors (Lipinski definition) is 1. The number of hydrogen-bond acceptors (Lipinski definition) is 3. The third kappa shape index (κ3) is 2.64. The smallest absolute Gasteiger partial charge is 0.243 e. The highest BCUT2D eigenvalue weighted by molar-refractivity contribution is 7.89. The fourth-order valence-electron chi connectivity index (χ4n) is 2.60. The number of aromatic amines is 1. The summed E-state index contributed by atoms with van der Waals surface area (Å²) in [6.45, 7) is 2.47. The number of benzene rings is 1. The third-order valence-corrected chi connectivity index (χ3v) is 5.65. The van der Waals surface area contributed by atoms with Crippen molar-refractivity contribution in [3.05, 3.63) is 47.5 Å². The summed E-state index contributed by atoms with van der Waals surface area (Å²) in [7, 11) is -3.83. The molecule has 1 saturated heterocycles. The number of imidazole rings is 1. The standard InChI is InChI=1S/C14H15F2N3O2S/c1-9-7-17-14(18-9)10-4-5-19(8-10)22(20,21)11-2-3-12(15)13(16)6-11/h2-3,6-7,10H,4-5,8H2,1H3,(H,17,18)/t10-/m1/s1. The van der Waals surface area contributed by atoms with Crippen LogP contribution in [-0.4, -0.2) is 35.8 Å². The molecule has 0 aliphatic carbocycles. The van der Waals surface area contributed by atoms with E-state index in [0.717, 1.165) is 29.7 Å². The lowest BCUT2D eigenvalue weighted by atomic mass is 10.1. The van der Waals surface area contributed by atoms with Crippen molar-refractivity contribution in [1.82, 2.24) is 14.3 Å². The average Bonchev–Trinajstić information content (AvgIpc) is 3.10. The van der Waals surface area contributed by atoms with Gasteiger partial charge in [-0.1, -0.05) is 0 Å². The van der Waals surface area contributed by atoms with Gasteiger partial charge in [-0.3, -0.25) is 0 Å². The van der Waals surface area contributed by atoms with Crippen molar-refractivity contribution in [2.75, 3.05) is 13.1 Å². The molecule has 5 nitrogen and oxygen atoms in total. The van der Waals surface area contributed by atoms with Gasteiger partial charge in [-0.15, -0.1) is 0 Å². The van der Waals surface area contributed by atoms with Gasteiger partial charge in [-0.05, 0) is 31.5 Å². The Kier molecular flexibility index (Phi) is 3.73. The Labute approximate surface area is 127 Å². The number of aryl methyl sites for hydroxylation is 1. The number of nitrogens with zero attached hydrogens (tertiary/aromatic N) is 2. The molecule has 0 bridgehead atoms. The van der Waals surface area contributed by atoms with Gasteiger partial charge in [-0.2, -0.15) is 4.31 Å². The van der Waals surface area contributed by atoms with E-state index in [-0.39, 0.29) is 17.4 Å². The van der Waals surface area contributed by atoms with Crippen LogP contribution in [0.5, 0.6) is 0 Å². The molecule has 1 aromatic heterocycles. The molecule has 8 heteroatoms. The Hall–Kier alpha value is -1.80. The van der Waals surface area contributed by atoms with Crippen LogP contribution in [0.4, 0.5) is 8.78 Å². The Bertz CT molecular complexity index is 804. The van der Waals surface area contributed by atoms with E-state index in [1.54, 1.807) is 6.20 Å². The average molecular weight is 327 g/mol. The van der Waals surface area contributed by atoms with Crippen LogP contribution in [0.25, 0.3) is 0 Å². The highest BCUT2D eigenvalue weighted by Gasteiger charge is 2.34. The molecule has 1 fully saturated rings. The molecule has 1 atom stereocenters. The van der Waals surface area contributed by atoms with E-state index in [2.05, 4.69) is 9.97 Å². The molecule has 118 valence electrons. The van der Waals surface area contributed by atoms with Gasteiger partial charge in [0.1, 0.15) is 5.82 Å². The van der Waals surface area contributed by atoms with E-state index in [0.29, 0.717) is 13.0 Å². The van der Waals surface area contributed by atoms with Gasteiger partial charge in [0.25, 0.3) is 0 Å². The van der Waals surface area contributed by atoms with Crippen molar-refractivity contribution in [2.24, 2.45) is 0 Å². The van der Waals surface area contributed by atoms with Gasteiger partial charge in [0, 0.05) is 30.9 Å². The second kappa shape index (κ2) is 5.44. The molecule has 0 spiro atoms. The van der Waals surface area contributed by atoms with Crippen LogP contribution >= 0.6 is 0 Å². The van der Waals surface area contributed by atoms with Crippen molar-refractivity contribution < 1.29 is 17.2 Å². The van der Waals surface area contributed by atoms with Crippen LogP contribution in [-0.2, 0) is 10.0 Å². The highest BCUT2D eigenvalue weighted by atomic mass is 32.2. The van der Waals surface area contributed by atoms with Gasteiger partial charge in [0.15, 0.2) is 11.6 Å². The lowest BCUT2D eigenvalue weighted by Gasteiger charge is -2.16. The molecular weight excluding hydrogens is 312 g/mol. The molecule has 2 aromatic rings. The van der Waals surface area contributed by atoms with E-state index >= 15 is 0 Å². The van der Waals surface area contributed by atoms with Crippen LogP contribution in [0.1, 0.15) is 23.9 Å². The molecule has 1 aliphatic heterocycles. The summed E-state index contributed by atoms with van der Waals surface area (Å²) >= 11 is 0. The van der Waals surface area contributed by atoms with Gasteiger partial charge in [0.05, 0.1) is 4.90 Å². The second-order valence-electron chi connectivity index (χ2n) is 5.38. The van der Waals surface area contributed by atoms with Crippen molar-refractivity contribution in [1.29, 1.82) is 0 Å². The Balaban J connectivity index is 1.83. The van der Waals surface area contributed by atoms with Crippen LogP contribution < -0.4 is 0 Å². The van der Waals surface area contributed by atoms with Crippen LogP contribution in [0.15, 0.2) is 29.3 Å². The summed E-state index contributed by atoms with van der Waals surface area (Å²) in [5, 5.41) is 0. The predicted octanol–water partition coefficient (Wildman–Crippen LogP) is 2.17. The molecule has 0 saturated carbocycles. The molecule has 22 heavy (non-hydrogen) atoms. The summed E-state index contributed by atoms with van der Waals surface area (Å²) in [5.41, 5.74) is 0.914. The number of nitrogens with one attached hydrogen (secondary N) is 1. The highest BCUT2D eigenvalue weighted by Crippen LogP contribution is 2.30. The number of sulfonamides is 1. The van der Waals surface area contributed by atoms with Gasteiger partial charge in [-0.25, -0.2) is 22.2 Å². The minimum atomic E-state index is -3.83. The van der Waals surface area contributed by atoms with Crippen molar-refractivity contribution in [3.8, 4) is 0 Å². The van der Waals surface area contributed by atoms with Crippen LogP contribution in [0.3, 0.4) is 0 Å². The third-order valence-electron chi connectivity index (χ3n) is 3.79. The summed E-state index contributed by atoms with van der Waals surface area (Å²) in [6.07, 6.45) is 2.33. The Morgan fingerprint density at radius 2 is 2.09 bits per heavy atom. The largest absolute Gasteiger partial charge is 0.346 e. The van der Waals surface area contributed by atoms with Crippen molar-refractivity contribution >= 4 is 10.0 Å². The van der Waals surface area contributed by atoms with Gasteiger partial charge < -0.3 is 4.98 Å². The van der Waals surface area contributed by atoms with Crippen molar-refractivity contribution in [3.63, 3.8) is 0 Å². The topological polar surface area (TPSA) is 66.1 Å². The van der Waals surface area contributed by atoms with Crippen LogP contribution in [0, 0.1) is 18.6 Å². The maximum atomic E-state index is 13.3. The van der Waals surface area contributed by atoms with E-state index in [1.165, 1.54) is 4.31 Å². The van der Waals surface area contributed by atoms with E-state index in [1.807, 2.05) is 6.92 Å². The second-order valence-corrected chi connectivity index (χ2v) is 7.31. The molecule has 0 amide bonds. The summed E-state index contributed by atoms with van der Waals surface area (Å²) in [5.74, 6) is -1.50. The zero-order valence-electron chi connectivity index (χ0n) is 11.9. The minimum absolute atomic E-state index is 0.0197. The number of aromatic nitrogens is 2. The van der Waals surface area contributed by atoms with E-state index in [9.17, 15) is 17.2 Å². The van der Waals surface area contributed by atoms with E-state index < -0.39 is 21.7 Å². The normalized spacial score (nSPS) is 19.7. The zero-order chi connectivity index (χ0) is 15.9. The molecule has 1 aliphatic rings. The Morgan fingerprint density at radius 3 is 2.73 bits per heavy atom. The molecule has 1 aromatic carbocycles. The summed E-state index contributed by atoms with van der Waals surface area (Å²) in [6, 6.07) is 2.62. The van der Waals surface area contributed by atoms with Crippen molar-refractivity contribution in [2.45, 2.75) is 24.2 Å². The number of H-pyrrole nitrogens is 1. The summed E-state index contributed by atoms with van der Waals surface area (Å²) < 4.78 is 52.5. The quantitative estimate of drug-likeness (QED) is 0.939. The first-order valence-electron chi connectivity index (χ1n) is 6.84. The first kappa shape index (κ1) is 15.1. The van der Waals surface area contributed by atoms with Crippen LogP contribution in [0.2, 0.25) is 0 Å². The lowest BCUT2D eigenvalue weighted by molar-refractivity contribution is 0.467. The fraction of sp³-hybridized carbons (Fsp3) is 0.357.